The highest BCUT2D eigenvalue weighted by Crippen LogP contribution is 2.26. The number of likely N-dealkylation sites (tertiary alicyclic amines) is 1. The van der Waals surface area contributed by atoms with Crippen molar-refractivity contribution in [2.45, 2.75) is 37.9 Å². The lowest BCUT2D eigenvalue weighted by Crippen LogP contribution is -2.35. The van der Waals surface area contributed by atoms with Crippen molar-refractivity contribution < 1.29 is 4.92 Å². The minimum absolute atomic E-state index is 0.125. The van der Waals surface area contributed by atoms with Gasteiger partial charge in [-0.1, -0.05) is 11.6 Å². The minimum atomic E-state index is -0.344. The number of nitrogens with one attached hydrogen (secondary N) is 1. The number of fused-ring (bicyclic) bond motifs is 2. The Morgan fingerprint density at radius 1 is 1.35 bits per heavy atom. The molecule has 1 aromatic rings. The van der Waals surface area contributed by atoms with E-state index in [1.807, 2.05) is 0 Å². The molecule has 5 nitrogen and oxygen atoms in total. The summed E-state index contributed by atoms with van der Waals surface area (Å²) >= 11 is 5.85. The Morgan fingerprint density at radius 2 is 2.15 bits per heavy atom. The highest BCUT2D eigenvalue weighted by atomic mass is 35.5. The van der Waals surface area contributed by atoms with Gasteiger partial charge in [-0.15, -0.1) is 0 Å². The summed E-state index contributed by atoms with van der Waals surface area (Å²) in [6, 6.07) is 6.11. The third-order valence-electron chi connectivity index (χ3n) is 4.25. The van der Waals surface area contributed by atoms with E-state index >= 15 is 0 Å². The van der Waals surface area contributed by atoms with Crippen LogP contribution in [0.2, 0.25) is 5.02 Å². The van der Waals surface area contributed by atoms with E-state index in [-0.39, 0.29) is 10.6 Å². The average Bonchev–Trinajstić information content (AvgIpc) is 2.74. The molecule has 0 amide bonds. The number of benzene rings is 1. The van der Waals surface area contributed by atoms with Crippen molar-refractivity contribution in [1.29, 1.82) is 0 Å². The largest absolute Gasteiger partial charge is 0.310 e. The van der Waals surface area contributed by atoms with E-state index in [1.54, 1.807) is 12.1 Å². The molecule has 0 aliphatic carbocycles. The Bertz CT molecular complexity index is 523. The Balaban J connectivity index is 1.75. The second-order valence-corrected chi connectivity index (χ2v) is 6.13. The molecule has 0 aromatic heterocycles. The lowest BCUT2D eigenvalue weighted by atomic mass is 10.1. The molecule has 1 aromatic carbocycles. The average molecular weight is 296 g/mol. The molecule has 0 saturated carbocycles. The maximum Gasteiger partial charge on any atom is 0.275 e. The van der Waals surface area contributed by atoms with Crippen LogP contribution in [0, 0.1) is 10.1 Å². The zero-order valence-corrected chi connectivity index (χ0v) is 12.0. The highest BCUT2D eigenvalue weighted by molar-refractivity contribution is 6.30. The summed E-state index contributed by atoms with van der Waals surface area (Å²) in [6.07, 6.45) is 3.60. The molecule has 2 bridgehead atoms. The first kappa shape index (κ1) is 13.8. The van der Waals surface area contributed by atoms with E-state index in [0.29, 0.717) is 23.7 Å². The molecule has 108 valence electrons. The van der Waals surface area contributed by atoms with Gasteiger partial charge in [-0.05, 0) is 31.4 Å². The third kappa shape index (κ3) is 2.95. The molecule has 6 heteroatoms. The number of rotatable bonds is 3. The molecule has 2 aliphatic rings. The predicted molar refractivity (Wildman–Crippen MR) is 77.9 cm³/mol. The molecule has 2 aliphatic heterocycles. The van der Waals surface area contributed by atoms with Crippen LogP contribution in [-0.4, -0.2) is 35.0 Å². The van der Waals surface area contributed by atoms with Crippen LogP contribution in [0.3, 0.4) is 0 Å². The van der Waals surface area contributed by atoms with Gasteiger partial charge in [0.1, 0.15) is 0 Å². The summed E-state index contributed by atoms with van der Waals surface area (Å²) < 4.78 is 0. The van der Waals surface area contributed by atoms with Crippen LogP contribution >= 0.6 is 11.6 Å². The van der Waals surface area contributed by atoms with Crippen LogP contribution in [0.15, 0.2) is 18.2 Å². The topological polar surface area (TPSA) is 58.4 Å². The quantitative estimate of drug-likeness (QED) is 0.688. The molecular weight excluding hydrogens is 278 g/mol. The molecule has 2 heterocycles. The van der Waals surface area contributed by atoms with Crippen molar-refractivity contribution in [3.05, 3.63) is 38.9 Å². The van der Waals surface area contributed by atoms with Crippen LogP contribution in [0.4, 0.5) is 5.69 Å². The van der Waals surface area contributed by atoms with Gasteiger partial charge in [0.05, 0.1) is 4.92 Å². The van der Waals surface area contributed by atoms with Crippen LogP contribution in [0.1, 0.15) is 24.8 Å². The van der Waals surface area contributed by atoms with Gasteiger partial charge in [0.15, 0.2) is 0 Å². The van der Waals surface area contributed by atoms with E-state index in [1.165, 1.54) is 18.9 Å². The van der Waals surface area contributed by atoms with Gasteiger partial charge in [-0.2, -0.15) is 0 Å². The lowest BCUT2D eigenvalue weighted by Gasteiger charge is -2.23. The van der Waals surface area contributed by atoms with Crippen molar-refractivity contribution in [2.75, 3.05) is 13.1 Å². The van der Waals surface area contributed by atoms with Crippen molar-refractivity contribution in [2.24, 2.45) is 0 Å². The van der Waals surface area contributed by atoms with E-state index in [0.717, 1.165) is 25.1 Å². The number of nitro benzene ring substituents is 1. The third-order valence-corrected chi connectivity index (χ3v) is 4.48. The van der Waals surface area contributed by atoms with Gasteiger partial charge in [-0.25, -0.2) is 0 Å². The first-order valence-electron chi connectivity index (χ1n) is 7.03. The first-order chi connectivity index (χ1) is 9.61. The molecule has 20 heavy (non-hydrogen) atoms. The number of nitrogens with zero attached hydrogens (tertiary/aromatic N) is 2. The van der Waals surface area contributed by atoms with Gasteiger partial charge in [0.2, 0.25) is 0 Å². The maximum absolute atomic E-state index is 11.1. The van der Waals surface area contributed by atoms with Crippen molar-refractivity contribution in [1.82, 2.24) is 10.2 Å². The summed E-state index contributed by atoms with van der Waals surface area (Å²) in [7, 11) is 0. The summed E-state index contributed by atoms with van der Waals surface area (Å²) in [5.74, 6) is 0. The fraction of sp³-hybridized carbons (Fsp3) is 0.571. The van der Waals surface area contributed by atoms with Crippen LogP contribution < -0.4 is 5.32 Å². The summed E-state index contributed by atoms with van der Waals surface area (Å²) in [5, 5.41) is 15.2. The minimum Gasteiger partial charge on any atom is -0.310 e. The smallest absolute Gasteiger partial charge is 0.275 e. The van der Waals surface area contributed by atoms with Crippen molar-refractivity contribution in [3.63, 3.8) is 0 Å². The van der Waals surface area contributed by atoms with E-state index in [2.05, 4.69) is 10.2 Å². The Hall–Kier alpha value is -1.17. The maximum atomic E-state index is 11.1. The lowest BCUT2D eigenvalue weighted by molar-refractivity contribution is -0.385. The second kappa shape index (κ2) is 5.68. The molecule has 0 spiro atoms. The monoisotopic (exact) mass is 295 g/mol. The fourth-order valence-corrected chi connectivity index (χ4v) is 3.41. The van der Waals surface area contributed by atoms with Crippen molar-refractivity contribution in [3.8, 4) is 0 Å². The Labute approximate surface area is 123 Å². The molecule has 3 rings (SSSR count). The Kier molecular flexibility index (Phi) is 3.92. The fourth-order valence-electron chi connectivity index (χ4n) is 3.24. The zero-order chi connectivity index (χ0) is 14.1. The van der Waals surface area contributed by atoms with Gasteiger partial charge in [0, 0.05) is 48.4 Å². The molecule has 1 N–H and O–H groups in total. The van der Waals surface area contributed by atoms with E-state index in [9.17, 15) is 10.1 Å². The number of hydrogen-bond acceptors (Lipinski definition) is 4. The van der Waals surface area contributed by atoms with Crippen LogP contribution in [0.5, 0.6) is 0 Å². The summed E-state index contributed by atoms with van der Waals surface area (Å²) in [6.45, 7) is 2.59. The molecule has 0 radical (unpaired) electrons. The van der Waals surface area contributed by atoms with Crippen molar-refractivity contribution >= 4 is 17.3 Å². The standard InChI is InChI=1S/C14H18ClN3O2/c15-11-2-1-10(14(7-11)18(19)20)8-17-6-5-12-3-4-13(9-17)16-12/h1-2,7,12-13,16H,3-6,8-9H2. The van der Waals surface area contributed by atoms with Crippen LogP contribution in [0.25, 0.3) is 0 Å². The van der Waals surface area contributed by atoms with Gasteiger partial charge >= 0.3 is 0 Å². The van der Waals surface area contributed by atoms with E-state index < -0.39 is 0 Å². The Morgan fingerprint density at radius 3 is 2.95 bits per heavy atom. The summed E-state index contributed by atoms with van der Waals surface area (Å²) in [5.41, 5.74) is 0.872. The number of hydrogen-bond donors (Lipinski definition) is 1. The van der Waals surface area contributed by atoms with Gasteiger partial charge in [0.25, 0.3) is 5.69 Å². The normalized spacial score (nSPS) is 26.4. The number of halogens is 1. The molecule has 2 atom stereocenters. The number of nitro groups is 1. The van der Waals surface area contributed by atoms with E-state index in [4.69, 9.17) is 11.6 Å². The predicted octanol–water partition coefficient (Wildman–Crippen LogP) is 2.57. The first-order valence-corrected chi connectivity index (χ1v) is 7.41. The molecule has 2 unspecified atom stereocenters. The van der Waals surface area contributed by atoms with Gasteiger partial charge in [-0.3, -0.25) is 15.0 Å². The molecule has 2 fully saturated rings. The highest BCUT2D eigenvalue weighted by Gasteiger charge is 2.29. The molecule has 2 saturated heterocycles. The van der Waals surface area contributed by atoms with Crippen LogP contribution in [-0.2, 0) is 6.54 Å². The second-order valence-electron chi connectivity index (χ2n) is 5.69. The molecular formula is C14H18ClN3O2. The zero-order valence-electron chi connectivity index (χ0n) is 11.2. The summed E-state index contributed by atoms with van der Waals surface area (Å²) in [4.78, 5) is 13.1. The SMILES string of the molecule is O=[N+]([O-])c1cc(Cl)ccc1CN1CCC2CCC(C1)N2. The van der Waals surface area contributed by atoms with Gasteiger partial charge < -0.3 is 5.32 Å².